The Morgan fingerprint density at radius 3 is 2.25 bits per heavy atom. The average Bonchev–Trinajstić information content (AvgIpc) is 2.59. The van der Waals surface area contributed by atoms with E-state index in [1.54, 1.807) is 7.11 Å². The topological polar surface area (TPSA) is 52.9 Å². The number of β-amino-alcohol motifs (C(OH)–C–C–N with tert-alkyl or cyclic N) is 2. The van der Waals surface area contributed by atoms with Gasteiger partial charge in [-0.1, -0.05) is 12.1 Å². The second kappa shape index (κ2) is 4.82. The molecule has 2 unspecified atom stereocenters. The molecule has 4 heteroatoms. The third-order valence-corrected chi connectivity index (χ3v) is 2.90. The van der Waals surface area contributed by atoms with Crippen LogP contribution < -0.4 is 4.74 Å². The maximum absolute atomic E-state index is 9.42. The highest BCUT2D eigenvalue weighted by Crippen LogP contribution is 2.16. The van der Waals surface area contributed by atoms with Crippen molar-refractivity contribution in [1.82, 2.24) is 4.90 Å². The van der Waals surface area contributed by atoms with Gasteiger partial charge >= 0.3 is 0 Å². The third kappa shape index (κ3) is 2.52. The Kier molecular flexibility index (Phi) is 3.43. The number of nitrogens with zero attached hydrogens (tertiary/aromatic N) is 1. The third-order valence-electron chi connectivity index (χ3n) is 2.90. The van der Waals surface area contributed by atoms with Crippen LogP contribution in [-0.4, -0.2) is 47.5 Å². The smallest absolute Gasteiger partial charge is 0.118 e. The zero-order valence-electron chi connectivity index (χ0n) is 9.34. The number of methoxy groups -OCH3 is 1. The van der Waals surface area contributed by atoms with Gasteiger partial charge in [0.05, 0.1) is 19.3 Å². The molecule has 0 radical (unpaired) electrons. The fourth-order valence-corrected chi connectivity index (χ4v) is 1.97. The molecule has 0 bridgehead atoms. The zero-order valence-corrected chi connectivity index (χ0v) is 9.34. The Morgan fingerprint density at radius 2 is 1.75 bits per heavy atom. The maximum Gasteiger partial charge on any atom is 0.118 e. The van der Waals surface area contributed by atoms with Gasteiger partial charge in [0.1, 0.15) is 5.75 Å². The predicted octanol–water partition coefficient (Wildman–Crippen LogP) is 0.233. The number of hydrogen-bond donors (Lipinski definition) is 2. The summed E-state index contributed by atoms with van der Waals surface area (Å²) in [4.78, 5) is 2.04. The monoisotopic (exact) mass is 223 g/mol. The van der Waals surface area contributed by atoms with Crippen molar-refractivity contribution in [1.29, 1.82) is 0 Å². The summed E-state index contributed by atoms with van der Waals surface area (Å²) in [5, 5.41) is 18.8. The molecule has 1 saturated heterocycles. The van der Waals surface area contributed by atoms with E-state index in [0.717, 1.165) is 17.9 Å². The summed E-state index contributed by atoms with van der Waals surface area (Å²) in [5.41, 5.74) is 1.15. The van der Waals surface area contributed by atoms with Crippen LogP contribution in [0.25, 0.3) is 0 Å². The van der Waals surface area contributed by atoms with E-state index in [2.05, 4.69) is 0 Å². The van der Waals surface area contributed by atoms with Gasteiger partial charge in [0.25, 0.3) is 0 Å². The first-order chi connectivity index (χ1) is 7.69. The standard InChI is InChI=1S/C12H17NO3/c1-16-10-4-2-9(3-5-10)6-13-7-11(14)12(15)8-13/h2-5,11-12,14-15H,6-8H2,1H3. The van der Waals surface area contributed by atoms with Gasteiger partial charge in [-0.3, -0.25) is 4.90 Å². The molecule has 0 aliphatic carbocycles. The summed E-state index contributed by atoms with van der Waals surface area (Å²) in [5.74, 6) is 0.838. The van der Waals surface area contributed by atoms with E-state index >= 15 is 0 Å². The largest absolute Gasteiger partial charge is 0.497 e. The van der Waals surface area contributed by atoms with Gasteiger partial charge in [-0.15, -0.1) is 0 Å². The van der Waals surface area contributed by atoms with E-state index in [1.165, 1.54) is 0 Å². The highest BCUT2D eigenvalue weighted by molar-refractivity contribution is 5.27. The highest BCUT2D eigenvalue weighted by atomic mass is 16.5. The molecule has 2 N–H and O–H groups in total. The van der Waals surface area contributed by atoms with Gasteiger partial charge < -0.3 is 14.9 Å². The van der Waals surface area contributed by atoms with E-state index in [4.69, 9.17) is 4.74 Å². The Labute approximate surface area is 95.1 Å². The maximum atomic E-state index is 9.42. The molecule has 4 nitrogen and oxygen atoms in total. The van der Waals surface area contributed by atoms with Crippen molar-refractivity contribution in [2.24, 2.45) is 0 Å². The molecule has 0 amide bonds. The highest BCUT2D eigenvalue weighted by Gasteiger charge is 2.29. The van der Waals surface area contributed by atoms with Crippen molar-refractivity contribution < 1.29 is 14.9 Å². The van der Waals surface area contributed by atoms with Gasteiger partial charge in [0, 0.05) is 19.6 Å². The summed E-state index contributed by atoms with van der Waals surface area (Å²) >= 11 is 0. The molecule has 1 aliphatic heterocycles. The number of aliphatic hydroxyl groups is 2. The minimum atomic E-state index is -0.613. The molecule has 88 valence electrons. The first kappa shape index (κ1) is 11.4. The Bertz CT molecular complexity index is 329. The normalized spacial score (nSPS) is 25.9. The van der Waals surface area contributed by atoms with Crippen molar-refractivity contribution in [2.45, 2.75) is 18.8 Å². The number of likely N-dealkylation sites (tertiary alicyclic amines) is 1. The molecule has 1 fully saturated rings. The van der Waals surface area contributed by atoms with Gasteiger partial charge in [-0.25, -0.2) is 0 Å². The van der Waals surface area contributed by atoms with E-state index in [-0.39, 0.29) is 0 Å². The van der Waals surface area contributed by atoms with E-state index in [0.29, 0.717) is 13.1 Å². The van der Waals surface area contributed by atoms with Gasteiger partial charge in [-0.05, 0) is 17.7 Å². The molecular formula is C12H17NO3. The quantitative estimate of drug-likeness (QED) is 0.770. The van der Waals surface area contributed by atoms with E-state index in [9.17, 15) is 10.2 Å². The summed E-state index contributed by atoms with van der Waals surface area (Å²) in [6, 6.07) is 7.82. The summed E-state index contributed by atoms with van der Waals surface area (Å²) in [6.07, 6.45) is -1.23. The van der Waals surface area contributed by atoms with Crippen LogP contribution in [0, 0.1) is 0 Å². The zero-order chi connectivity index (χ0) is 11.5. The van der Waals surface area contributed by atoms with Crippen LogP contribution in [0.1, 0.15) is 5.56 Å². The van der Waals surface area contributed by atoms with Crippen LogP contribution in [0.15, 0.2) is 24.3 Å². The minimum Gasteiger partial charge on any atom is -0.497 e. The molecule has 2 rings (SSSR count). The second-order valence-electron chi connectivity index (χ2n) is 4.18. The van der Waals surface area contributed by atoms with Crippen molar-refractivity contribution >= 4 is 0 Å². The van der Waals surface area contributed by atoms with Crippen molar-refractivity contribution in [3.8, 4) is 5.75 Å². The molecule has 16 heavy (non-hydrogen) atoms. The fraction of sp³-hybridized carbons (Fsp3) is 0.500. The molecule has 1 aromatic rings. The van der Waals surface area contributed by atoms with Crippen LogP contribution in [0.5, 0.6) is 5.75 Å². The summed E-state index contributed by atoms with van der Waals surface area (Å²) in [6.45, 7) is 1.82. The molecule has 1 aromatic carbocycles. The Balaban J connectivity index is 1.94. The first-order valence-corrected chi connectivity index (χ1v) is 5.40. The molecular weight excluding hydrogens is 206 g/mol. The lowest BCUT2D eigenvalue weighted by molar-refractivity contribution is 0.0572. The van der Waals surface area contributed by atoms with Crippen LogP contribution in [0.4, 0.5) is 0 Å². The minimum absolute atomic E-state index is 0.535. The Morgan fingerprint density at radius 1 is 1.19 bits per heavy atom. The van der Waals surface area contributed by atoms with Gasteiger partial charge in [0.15, 0.2) is 0 Å². The number of rotatable bonds is 3. The lowest BCUT2D eigenvalue weighted by atomic mass is 10.2. The molecule has 0 aromatic heterocycles. The van der Waals surface area contributed by atoms with E-state index < -0.39 is 12.2 Å². The fourth-order valence-electron chi connectivity index (χ4n) is 1.97. The van der Waals surface area contributed by atoms with Crippen molar-refractivity contribution in [3.05, 3.63) is 29.8 Å². The van der Waals surface area contributed by atoms with Gasteiger partial charge in [-0.2, -0.15) is 0 Å². The SMILES string of the molecule is COc1ccc(CN2CC(O)C(O)C2)cc1. The predicted molar refractivity (Wildman–Crippen MR) is 60.3 cm³/mol. The second-order valence-corrected chi connectivity index (χ2v) is 4.18. The van der Waals surface area contributed by atoms with Crippen LogP contribution in [0.2, 0.25) is 0 Å². The van der Waals surface area contributed by atoms with Gasteiger partial charge in [0.2, 0.25) is 0 Å². The lowest BCUT2D eigenvalue weighted by Crippen LogP contribution is -2.22. The van der Waals surface area contributed by atoms with E-state index in [1.807, 2.05) is 29.2 Å². The van der Waals surface area contributed by atoms with Crippen LogP contribution in [-0.2, 0) is 6.54 Å². The molecule has 2 atom stereocenters. The number of ether oxygens (including phenoxy) is 1. The average molecular weight is 223 g/mol. The summed E-state index contributed by atoms with van der Waals surface area (Å²) < 4.78 is 5.08. The molecule has 0 saturated carbocycles. The number of benzene rings is 1. The number of aliphatic hydroxyl groups excluding tert-OH is 2. The summed E-state index contributed by atoms with van der Waals surface area (Å²) in [7, 11) is 1.64. The number of hydrogen-bond acceptors (Lipinski definition) is 4. The van der Waals surface area contributed by atoms with Crippen LogP contribution in [0.3, 0.4) is 0 Å². The lowest BCUT2D eigenvalue weighted by Gasteiger charge is -2.14. The Hall–Kier alpha value is -1.10. The molecule has 1 heterocycles. The molecule has 1 aliphatic rings. The van der Waals surface area contributed by atoms with Crippen LogP contribution >= 0.6 is 0 Å². The molecule has 0 spiro atoms. The van der Waals surface area contributed by atoms with Crippen molar-refractivity contribution in [3.63, 3.8) is 0 Å². The van der Waals surface area contributed by atoms with Crippen molar-refractivity contribution in [2.75, 3.05) is 20.2 Å². The first-order valence-electron chi connectivity index (χ1n) is 5.40.